The summed E-state index contributed by atoms with van der Waals surface area (Å²) in [6.45, 7) is 0. The molecule has 0 nitrogen and oxygen atoms in total. The molecule has 0 amide bonds. The second kappa shape index (κ2) is 3.55. The Labute approximate surface area is 84.9 Å². The smallest absolute Gasteiger partial charge is 0.0798 e. The normalized spacial score (nSPS) is 10.1. The second-order valence-electron chi connectivity index (χ2n) is 1.48. The van der Waals surface area contributed by atoms with Crippen molar-refractivity contribution in [1.82, 2.24) is 0 Å². The van der Waals surface area contributed by atoms with Crippen LogP contribution in [0.1, 0.15) is 5.56 Å². The Morgan fingerprint density at radius 1 is 1.78 bits per heavy atom. The average Bonchev–Trinajstić information content (AvgIpc) is 2.15. The Balaban J connectivity index is 3.04. The molecule has 1 heterocycles. The quantitative estimate of drug-likeness (QED) is 0.539. The first kappa shape index (κ1) is 8.30. The first-order chi connectivity index (χ1) is 4.25. The summed E-state index contributed by atoms with van der Waals surface area (Å²) in [5, 5.41) is 2.07. The molecule has 0 aliphatic heterocycles. The van der Waals surface area contributed by atoms with Crippen LogP contribution in [0.2, 0.25) is 0 Å². The van der Waals surface area contributed by atoms with Gasteiger partial charge in [0, 0.05) is 10.4 Å². The van der Waals surface area contributed by atoms with Crippen molar-refractivity contribution in [2.24, 2.45) is 0 Å². The Hall–Kier alpha value is 1.20. The summed E-state index contributed by atoms with van der Waals surface area (Å²) in [7, 11) is 0. The van der Waals surface area contributed by atoms with E-state index in [1.165, 1.54) is 8.45 Å². The van der Waals surface area contributed by atoms with Crippen LogP contribution in [0.4, 0.5) is 0 Å². The summed E-state index contributed by atoms with van der Waals surface area (Å²) in [5.74, 6) is 0.597. The first-order valence-corrected chi connectivity index (χ1v) is 5.51. The lowest BCUT2D eigenvalue weighted by molar-refractivity contribution is 1.42. The van der Waals surface area contributed by atoms with Gasteiger partial charge in [-0.05, 0) is 49.5 Å². The zero-order valence-corrected chi connectivity index (χ0v) is 9.64. The van der Waals surface area contributed by atoms with Crippen molar-refractivity contribution >= 4 is 61.5 Å². The average molecular weight is 337 g/mol. The van der Waals surface area contributed by atoms with Gasteiger partial charge in [0.25, 0.3) is 0 Å². The minimum atomic E-state index is 0.597. The molecule has 0 aliphatic carbocycles. The summed E-state index contributed by atoms with van der Waals surface area (Å²) in [4.78, 5) is 0. The minimum absolute atomic E-state index is 0.597. The summed E-state index contributed by atoms with van der Waals surface area (Å²) in [5.41, 5.74) is 1.19. The van der Waals surface area contributed by atoms with Gasteiger partial charge in [0.05, 0.1) is 2.88 Å². The van der Waals surface area contributed by atoms with E-state index in [2.05, 4.69) is 43.9 Å². The largest absolute Gasteiger partial charge is 0.136 e. The van der Waals surface area contributed by atoms with E-state index in [0.717, 1.165) is 4.47 Å². The minimum Gasteiger partial charge on any atom is -0.136 e. The molecule has 0 N–H and O–H groups in total. The molecule has 0 aromatic carbocycles. The van der Waals surface area contributed by atoms with Crippen molar-refractivity contribution in [3.63, 3.8) is 0 Å². The van der Waals surface area contributed by atoms with Crippen LogP contribution < -0.4 is 0 Å². The van der Waals surface area contributed by atoms with Gasteiger partial charge in [-0.1, -0.05) is 0 Å². The summed E-state index contributed by atoms with van der Waals surface area (Å²) < 4.78 is 2.42. The highest BCUT2D eigenvalue weighted by atomic mass is 127. The number of rotatable bonds is 1. The standard InChI is InChI=1S/C5H3BrClIS/c6-4-3(1-7)2-9-5(4)8/h2H,1H2. The molecular weight excluding hydrogens is 334 g/mol. The molecule has 0 aliphatic rings. The molecule has 0 atom stereocenters. The van der Waals surface area contributed by atoms with E-state index in [1.807, 2.05) is 0 Å². The van der Waals surface area contributed by atoms with Crippen molar-refractivity contribution in [2.45, 2.75) is 5.88 Å². The fourth-order valence-corrected chi connectivity index (χ4v) is 3.00. The molecule has 1 aromatic heterocycles. The predicted molar refractivity (Wildman–Crippen MR) is 54.3 cm³/mol. The Kier molecular flexibility index (Phi) is 3.27. The van der Waals surface area contributed by atoms with Crippen LogP contribution in [-0.2, 0) is 5.88 Å². The molecule has 0 saturated carbocycles. The number of thiophene rings is 1. The van der Waals surface area contributed by atoms with Crippen LogP contribution in [0.25, 0.3) is 0 Å². The van der Waals surface area contributed by atoms with Crippen molar-refractivity contribution in [3.05, 3.63) is 18.3 Å². The van der Waals surface area contributed by atoms with Gasteiger partial charge in [-0.25, -0.2) is 0 Å². The zero-order valence-electron chi connectivity index (χ0n) is 4.33. The third-order valence-electron chi connectivity index (χ3n) is 0.903. The van der Waals surface area contributed by atoms with Crippen LogP contribution in [0.3, 0.4) is 0 Å². The highest BCUT2D eigenvalue weighted by molar-refractivity contribution is 14.1. The van der Waals surface area contributed by atoms with E-state index in [0.29, 0.717) is 5.88 Å². The van der Waals surface area contributed by atoms with Gasteiger partial charge in [0.2, 0.25) is 0 Å². The topological polar surface area (TPSA) is 0 Å². The van der Waals surface area contributed by atoms with Crippen molar-refractivity contribution in [2.75, 3.05) is 0 Å². The van der Waals surface area contributed by atoms with E-state index in [1.54, 1.807) is 11.3 Å². The lowest BCUT2D eigenvalue weighted by Crippen LogP contribution is -1.70. The molecule has 9 heavy (non-hydrogen) atoms. The third kappa shape index (κ3) is 1.82. The van der Waals surface area contributed by atoms with Gasteiger partial charge in [0.15, 0.2) is 0 Å². The van der Waals surface area contributed by atoms with Gasteiger partial charge < -0.3 is 0 Å². The lowest BCUT2D eigenvalue weighted by Gasteiger charge is -1.87. The van der Waals surface area contributed by atoms with E-state index in [-0.39, 0.29) is 0 Å². The van der Waals surface area contributed by atoms with Gasteiger partial charge in [0.1, 0.15) is 0 Å². The third-order valence-corrected chi connectivity index (χ3v) is 5.22. The summed E-state index contributed by atoms with van der Waals surface area (Å²) >= 11 is 13.0. The fourth-order valence-electron chi connectivity index (χ4n) is 0.443. The van der Waals surface area contributed by atoms with E-state index in [9.17, 15) is 0 Å². The molecule has 1 aromatic rings. The first-order valence-electron chi connectivity index (χ1n) is 2.23. The molecule has 4 heteroatoms. The van der Waals surface area contributed by atoms with E-state index >= 15 is 0 Å². The Morgan fingerprint density at radius 3 is 2.67 bits per heavy atom. The Morgan fingerprint density at radius 2 is 2.44 bits per heavy atom. The maximum absolute atomic E-state index is 5.62. The molecular formula is C5H3BrClIS. The van der Waals surface area contributed by atoms with Gasteiger partial charge in [-0.2, -0.15) is 0 Å². The maximum Gasteiger partial charge on any atom is 0.0798 e. The zero-order chi connectivity index (χ0) is 6.85. The summed E-state index contributed by atoms with van der Waals surface area (Å²) in [6.07, 6.45) is 0. The monoisotopic (exact) mass is 336 g/mol. The SMILES string of the molecule is ClCc1csc(I)c1Br. The second-order valence-corrected chi connectivity index (χ2v) is 5.23. The van der Waals surface area contributed by atoms with Crippen LogP contribution in [0.5, 0.6) is 0 Å². The van der Waals surface area contributed by atoms with Crippen LogP contribution >= 0.6 is 61.5 Å². The van der Waals surface area contributed by atoms with Crippen LogP contribution in [-0.4, -0.2) is 0 Å². The molecule has 0 unspecified atom stereocenters. The highest BCUT2D eigenvalue weighted by Crippen LogP contribution is 2.30. The van der Waals surface area contributed by atoms with Crippen molar-refractivity contribution in [1.29, 1.82) is 0 Å². The maximum atomic E-state index is 5.62. The van der Waals surface area contributed by atoms with Crippen LogP contribution in [0, 0.1) is 2.88 Å². The molecule has 50 valence electrons. The van der Waals surface area contributed by atoms with E-state index < -0.39 is 0 Å². The number of alkyl halides is 1. The van der Waals surface area contributed by atoms with Gasteiger partial charge >= 0.3 is 0 Å². The molecule has 0 bridgehead atoms. The predicted octanol–water partition coefficient (Wildman–Crippen LogP) is 3.85. The van der Waals surface area contributed by atoms with E-state index in [4.69, 9.17) is 11.6 Å². The number of hydrogen-bond donors (Lipinski definition) is 0. The lowest BCUT2D eigenvalue weighted by atomic mass is 10.4. The molecule has 0 saturated heterocycles. The molecule has 1 rings (SSSR count). The summed E-state index contributed by atoms with van der Waals surface area (Å²) in [6, 6.07) is 0. The molecule has 0 fully saturated rings. The molecule has 0 spiro atoms. The van der Waals surface area contributed by atoms with Crippen molar-refractivity contribution < 1.29 is 0 Å². The van der Waals surface area contributed by atoms with Crippen molar-refractivity contribution in [3.8, 4) is 0 Å². The Bertz CT molecular complexity index is 211. The highest BCUT2D eigenvalue weighted by Gasteiger charge is 2.03. The van der Waals surface area contributed by atoms with Gasteiger partial charge in [-0.15, -0.1) is 22.9 Å². The molecule has 0 radical (unpaired) electrons. The number of hydrogen-bond acceptors (Lipinski definition) is 1. The fraction of sp³-hybridized carbons (Fsp3) is 0.200. The van der Waals surface area contributed by atoms with Gasteiger partial charge in [-0.3, -0.25) is 0 Å². The number of halogens is 3. The van der Waals surface area contributed by atoms with Crippen LogP contribution in [0.15, 0.2) is 9.85 Å².